The Balaban J connectivity index is 2.16. The van der Waals surface area contributed by atoms with Gasteiger partial charge in [0, 0.05) is 13.2 Å². The molecule has 0 spiro atoms. The lowest BCUT2D eigenvalue weighted by molar-refractivity contribution is -0.133. The van der Waals surface area contributed by atoms with Gasteiger partial charge in [-0.2, -0.15) is 0 Å². The summed E-state index contributed by atoms with van der Waals surface area (Å²) in [7, 11) is 4.30. The van der Waals surface area contributed by atoms with E-state index in [2.05, 4.69) is 4.98 Å². The molecule has 0 atom stereocenters. The lowest BCUT2D eigenvalue weighted by atomic mass is 10.0. The van der Waals surface area contributed by atoms with Crippen LogP contribution in [-0.4, -0.2) is 38.3 Å². The third-order valence-corrected chi connectivity index (χ3v) is 3.57. The molecule has 2 aromatic rings. The van der Waals surface area contributed by atoms with Crippen LogP contribution in [0.4, 0.5) is 10.6 Å². The summed E-state index contributed by atoms with van der Waals surface area (Å²) < 4.78 is 15.1. The second kappa shape index (κ2) is 9.22. The van der Waals surface area contributed by atoms with Crippen LogP contribution < -0.4 is 4.90 Å². The van der Waals surface area contributed by atoms with Crippen molar-refractivity contribution in [3.63, 3.8) is 0 Å². The summed E-state index contributed by atoms with van der Waals surface area (Å²) in [6.07, 6.45) is 2.33. The Kier molecular flexibility index (Phi) is 6.73. The Morgan fingerprint density at radius 1 is 1.12 bits per heavy atom. The van der Waals surface area contributed by atoms with Gasteiger partial charge < -0.3 is 14.2 Å². The molecule has 136 valence electrons. The van der Waals surface area contributed by atoms with Crippen LogP contribution >= 0.6 is 0 Å². The molecule has 0 aliphatic carbocycles. The average molecular weight is 356 g/mol. The standard InChI is InChI=1S/C19H20N2O5/c1-21(17-10-6-7-11-20-17)19(23)26-12-14-8-4-5-9-15(14)16(13-24-2)18(22)25-3/h4-11,13H,12H2,1-3H3. The predicted molar refractivity (Wildman–Crippen MR) is 96.3 cm³/mol. The molecule has 1 aromatic carbocycles. The van der Waals surface area contributed by atoms with E-state index >= 15 is 0 Å². The highest BCUT2D eigenvalue weighted by Gasteiger charge is 2.19. The normalized spacial score (nSPS) is 10.8. The molecular weight excluding hydrogens is 336 g/mol. The minimum absolute atomic E-state index is 0.0236. The van der Waals surface area contributed by atoms with E-state index in [-0.39, 0.29) is 12.2 Å². The number of carbonyl (C=O) groups is 2. The Labute approximate surface area is 151 Å². The van der Waals surface area contributed by atoms with E-state index in [4.69, 9.17) is 14.2 Å². The van der Waals surface area contributed by atoms with Crippen molar-refractivity contribution in [2.75, 3.05) is 26.2 Å². The van der Waals surface area contributed by atoms with Crippen LogP contribution in [0.3, 0.4) is 0 Å². The quantitative estimate of drug-likeness (QED) is 0.450. The molecular formula is C19H20N2O5. The van der Waals surface area contributed by atoms with Crippen molar-refractivity contribution < 1.29 is 23.8 Å². The molecule has 0 fully saturated rings. The van der Waals surface area contributed by atoms with Crippen LogP contribution in [0.2, 0.25) is 0 Å². The third-order valence-electron chi connectivity index (χ3n) is 3.57. The molecule has 0 unspecified atom stereocenters. The van der Waals surface area contributed by atoms with Crippen LogP contribution in [-0.2, 0) is 25.6 Å². The Morgan fingerprint density at radius 3 is 2.50 bits per heavy atom. The zero-order chi connectivity index (χ0) is 18.9. The van der Waals surface area contributed by atoms with Gasteiger partial charge in [0.25, 0.3) is 0 Å². The number of amides is 1. The second-order valence-corrected chi connectivity index (χ2v) is 5.22. The number of nitrogens with zero attached hydrogens (tertiary/aromatic N) is 2. The highest BCUT2D eigenvalue weighted by atomic mass is 16.6. The zero-order valence-electron chi connectivity index (χ0n) is 14.8. The smallest absolute Gasteiger partial charge is 0.415 e. The van der Waals surface area contributed by atoms with Gasteiger partial charge >= 0.3 is 12.1 Å². The van der Waals surface area contributed by atoms with E-state index in [0.717, 1.165) is 0 Å². The minimum Gasteiger partial charge on any atom is -0.503 e. The van der Waals surface area contributed by atoms with Gasteiger partial charge in [0.05, 0.1) is 20.5 Å². The predicted octanol–water partition coefficient (Wildman–Crippen LogP) is 3.01. The molecule has 0 radical (unpaired) electrons. The van der Waals surface area contributed by atoms with Crippen LogP contribution in [0.25, 0.3) is 5.57 Å². The van der Waals surface area contributed by atoms with Crippen molar-refractivity contribution in [3.8, 4) is 0 Å². The maximum Gasteiger partial charge on any atom is 0.415 e. The number of methoxy groups -OCH3 is 2. The fourth-order valence-corrected chi connectivity index (χ4v) is 2.24. The van der Waals surface area contributed by atoms with Gasteiger partial charge in [0.1, 0.15) is 18.0 Å². The first-order chi connectivity index (χ1) is 12.6. The van der Waals surface area contributed by atoms with Crippen molar-refractivity contribution in [2.24, 2.45) is 0 Å². The van der Waals surface area contributed by atoms with Crippen LogP contribution in [0, 0.1) is 0 Å². The van der Waals surface area contributed by atoms with E-state index in [9.17, 15) is 9.59 Å². The van der Waals surface area contributed by atoms with Crippen LogP contribution in [0.5, 0.6) is 0 Å². The highest BCUT2D eigenvalue weighted by Crippen LogP contribution is 2.22. The summed E-state index contributed by atoms with van der Waals surface area (Å²) in [4.78, 5) is 29.6. The largest absolute Gasteiger partial charge is 0.503 e. The number of rotatable bonds is 6. The van der Waals surface area contributed by atoms with Crippen LogP contribution in [0.15, 0.2) is 54.9 Å². The molecule has 1 heterocycles. The SMILES string of the molecule is COC=C(C(=O)OC)c1ccccc1COC(=O)N(C)c1ccccn1. The highest BCUT2D eigenvalue weighted by molar-refractivity contribution is 6.16. The maximum atomic E-state index is 12.2. The number of benzene rings is 1. The molecule has 26 heavy (non-hydrogen) atoms. The summed E-state index contributed by atoms with van der Waals surface area (Å²) in [6, 6.07) is 12.3. The van der Waals surface area contributed by atoms with Gasteiger partial charge in [-0.15, -0.1) is 0 Å². The Morgan fingerprint density at radius 2 is 1.85 bits per heavy atom. The van der Waals surface area contributed by atoms with E-state index < -0.39 is 12.1 Å². The first kappa shape index (κ1) is 19.0. The molecule has 0 saturated carbocycles. The van der Waals surface area contributed by atoms with E-state index in [1.54, 1.807) is 55.7 Å². The summed E-state index contributed by atoms with van der Waals surface area (Å²) in [6.45, 7) is -0.0236. The fourth-order valence-electron chi connectivity index (χ4n) is 2.24. The van der Waals surface area contributed by atoms with E-state index in [1.807, 2.05) is 0 Å². The summed E-state index contributed by atoms with van der Waals surface area (Å²) in [5, 5.41) is 0. The van der Waals surface area contributed by atoms with Crippen molar-refractivity contribution >= 4 is 23.5 Å². The first-order valence-electron chi connectivity index (χ1n) is 7.79. The molecule has 7 nitrogen and oxygen atoms in total. The monoisotopic (exact) mass is 356 g/mol. The first-order valence-corrected chi connectivity index (χ1v) is 7.79. The van der Waals surface area contributed by atoms with Gasteiger partial charge in [-0.25, -0.2) is 14.6 Å². The molecule has 0 bridgehead atoms. The lowest BCUT2D eigenvalue weighted by Gasteiger charge is -2.17. The third kappa shape index (κ3) is 4.60. The number of hydrogen-bond donors (Lipinski definition) is 0. The summed E-state index contributed by atoms with van der Waals surface area (Å²) >= 11 is 0. The Bertz CT molecular complexity index is 790. The average Bonchev–Trinajstić information content (AvgIpc) is 2.70. The number of ether oxygens (including phenoxy) is 3. The van der Waals surface area contributed by atoms with Crippen molar-refractivity contribution in [1.29, 1.82) is 0 Å². The summed E-state index contributed by atoms with van der Waals surface area (Å²) in [5.41, 5.74) is 1.44. The molecule has 0 N–H and O–H groups in total. The van der Waals surface area contributed by atoms with Crippen molar-refractivity contribution in [3.05, 3.63) is 66.1 Å². The fraction of sp³-hybridized carbons (Fsp3) is 0.211. The van der Waals surface area contributed by atoms with Crippen molar-refractivity contribution in [2.45, 2.75) is 6.61 Å². The minimum atomic E-state index is -0.561. The van der Waals surface area contributed by atoms with Crippen molar-refractivity contribution in [1.82, 2.24) is 4.98 Å². The number of aromatic nitrogens is 1. The number of esters is 1. The maximum absolute atomic E-state index is 12.2. The summed E-state index contributed by atoms with van der Waals surface area (Å²) in [5.74, 6) is -0.0726. The Hall–Kier alpha value is -3.35. The number of carbonyl (C=O) groups excluding carboxylic acids is 2. The lowest BCUT2D eigenvalue weighted by Crippen LogP contribution is -2.27. The second-order valence-electron chi connectivity index (χ2n) is 5.22. The number of pyridine rings is 1. The topological polar surface area (TPSA) is 78.0 Å². The van der Waals surface area contributed by atoms with Gasteiger partial charge in [-0.3, -0.25) is 4.90 Å². The molecule has 1 amide bonds. The molecule has 0 saturated heterocycles. The number of anilines is 1. The molecule has 0 aliphatic heterocycles. The number of hydrogen-bond acceptors (Lipinski definition) is 6. The van der Waals surface area contributed by atoms with Gasteiger partial charge in [-0.05, 0) is 23.3 Å². The van der Waals surface area contributed by atoms with Gasteiger partial charge in [-0.1, -0.05) is 30.3 Å². The zero-order valence-corrected chi connectivity index (χ0v) is 14.8. The van der Waals surface area contributed by atoms with Gasteiger partial charge in [0.2, 0.25) is 0 Å². The molecule has 2 rings (SSSR count). The van der Waals surface area contributed by atoms with Crippen LogP contribution in [0.1, 0.15) is 11.1 Å². The van der Waals surface area contributed by atoms with E-state index in [0.29, 0.717) is 16.9 Å². The van der Waals surface area contributed by atoms with E-state index in [1.165, 1.54) is 25.4 Å². The molecule has 7 heteroatoms. The molecule has 0 aliphatic rings. The molecule has 1 aromatic heterocycles. The van der Waals surface area contributed by atoms with Gasteiger partial charge in [0.15, 0.2) is 0 Å².